The minimum absolute atomic E-state index is 0.0233. The first-order chi connectivity index (χ1) is 19.5. The lowest BCUT2D eigenvalue weighted by molar-refractivity contribution is -0.147. The molecular formula is C27H31I3N4O7. The Bertz CT molecular complexity index is 1280. The van der Waals surface area contributed by atoms with Crippen molar-refractivity contribution in [3.63, 3.8) is 0 Å². The van der Waals surface area contributed by atoms with E-state index in [1.807, 2.05) is 86.0 Å². The number of halogens is 3. The number of rotatable bonds is 14. The summed E-state index contributed by atoms with van der Waals surface area (Å²) in [7, 11) is 0. The predicted octanol–water partition coefficient (Wildman–Crippen LogP) is 4.32. The summed E-state index contributed by atoms with van der Waals surface area (Å²) < 4.78 is 11.6. The van der Waals surface area contributed by atoms with Crippen molar-refractivity contribution >= 4 is 109 Å². The van der Waals surface area contributed by atoms with Gasteiger partial charge in [0.2, 0.25) is 11.8 Å². The normalized spacial score (nSPS) is 11.3. The average molecular weight is 904 g/mol. The number of anilines is 2. The van der Waals surface area contributed by atoms with E-state index in [-0.39, 0.29) is 30.4 Å². The minimum Gasteiger partial charge on any atom is -0.464 e. The Kier molecular flexibility index (Phi) is 15.2. The molecular weight excluding hydrogens is 873 g/mol. The number of nitrogens with two attached hydrogens (primary N) is 1. The van der Waals surface area contributed by atoms with Crippen molar-refractivity contribution in [1.29, 1.82) is 0 Å². The van der Waals surface area contributed by atoms with Crippen LogP contribution in [0, 0.1) is 10.7 Å². The molecule has 1 atom stereocenters. The lowest BCUT2D eigenvalue weighted by Crippen LogP contribution is -2.42. The van der Waals surface area contributed by atoms with Crippen LogP contribution in [0.2, 0.25) is 0 Å². The number of hydrogen-bond donors (Lipinski definition) is 4. The van der Waals surface area contributed by atoms with Gasteiger partial charge in [-0.25, -0.2) is 4.79 Å². The topological polar surface area (TPSA) is 166 Å². The van der Waals surface area contributed by atoms with Gasteiger partial charge in [-0.3, -0.25) is 19.2 Å². The largest absolute Gasteiger partial charge is 0.464 e. The number of ether oxygens (including phenoxy) is 2. The van der Waals surface area contributed by atoms with E-state index in [1.54, 1.807) is 19.1 Å². The highest BCUT2D eigenvalue weighted by molar-refractivity contribution is 14.1. The van der Waals surface area contributed by atoms with Crippen molar-refractivity contribution in [2.45, 2.75) is 52.2 Å². The molecule has 222 valence electrons. The molecule has 0 heterocycles. The van der Waals surface area contributed by atoms with Gasteiger partial charge in [0.15, 0.2) is 0 Å². The first kappa shape index (κ1) is 35.1. The smallest absolute Gasteiger partial charge is 0.328 e. The van der Waals surface area contributed by atoms with Crippen LogP contribution < -0.4 is 21.7 Å². The third-order valence-electron chi connectivity index (χ3n) is 5.48. The monoisotopic (exact) mass is 904 g/mol. The summed E-state index contributed by atoms with van der Waals surface area (Å²) in [4.78, 5) is 63.3. The molecule has 2 aromatic rings. The molecule has 14 heteroatoms. The second-order valence-electron chi connectivity index (χ2n) is 8.68. The Morgan fingerprint density at radius 3 is 2.12 bits per heavy atom. The molecule has 0 aliphatic heterocycles. The summed E-state index contributed by atoms with van der Waals surface area (Å²) >= 11 is 5.81. The van der Waals surface area contributed by atoms with Crippen LogP contribution >= 0.6 is 67.8 Å². The number of amides is 3. The van der Waals surface area contributed by atoms with Gasteiger partial charge < -0.3 is 31.2 Å². The summed E-state index contributed by atoms with van der Waals surface area (Å²) in [5, 5.41) is 8.13. The fourth-order valence-electron chi connectivity index (χ4n) is 3.58. The van der Waals surface area contributed by atoms with E-state index in [4.69, 9.17) is 15.2 Å². The highest BCUT2D eigenvalue weighted by Gasteiger charge is 2.29. The van der Waals surface area contributed by atoms with E-state index in [9.17, 15) is 24.0 Å². The quantitative estimate of drug-likeness (QED) is 0.0943. The Hall–Kier alpha value is -2.06. The maximum atomic E-state index is 13.6. The van der Waals surface area contributed by atoms with Gasteiger partial charge in [0.05, 0.1) is 34.3 Å². The standard InChI is InChI=1S/C27H31I3N4O7/c1-3-40-27(39)17(11-7-8-12-31)33-26(38)20-21(28)24(32-15(2)35)23(30)25(22(20)29)34-18(36)13-19(37)41-14-16-9-5-4-6-10-16/h4-6,9-10,17H,3,7-8,11-14,31H2,1-2H3,(H,32,35)(H,33,38)(H,34,36)/t17-/m0/s1. The Morgan fingerprint density at radius 1 is 0.902 bits per heavy atom. The Morgan fingerprint density at radius 2 is 1.54 bits per heavy atom. The molecule has 0 aliphatic rings. The molecule has 0 fully saturated rings. The van der Waals surface area contributed by atoms with E-state index in [1.165, 1.54) is 6.92 Å². The minimum atomic E-state index is -0.915. The SMILES string of the molecule is CCOC(=O)[C@H](CCCCN)NC(=O)c1c(I)c(NC(C)=O)c(I)c(NC(=O)CC(=O)OCc2ccccc2)c1I. The molecule has 5 N–H and O–H groups in total. The number of carbonyl (C=O) groups excluding carboxylic acids is 5. The molecule has 11 nitrogen and oxygen atoms in total. The Balaban J connectivity index is 2.34. The van der Waals surface area contributed by atoms with Gasteiger partial charge in [-0.1, -0.05) is 30.3 Å². The zero-order valence-electron chi connectivity index (χ0n) is 22.5. The van der Waals surface area contributed by atoms with Crippen LogP contribution in [0.3, 0.4) is 0 Å². The van der Waals surface area contributed by atoms with E-state index in [2.05, 4.69) is 16.0 Å². The fourth-order valence-corrected chi connectivity index (χ4v) is 7.77. The van der Waals surface area contributed by atoms with Crippen molar-refractivity contribution in [3.05, 3.63) is 52.2 Å². The molecule has 0 aromatic heterocycles. The number of benzene rings is 2. The summed E-state index contributed by atoms with van der Waals surface area (Å²) in [5.74, 6) is -2.94. The number of hydrogen-bond acceptors (Lipinski definition) is 8. The summed E-state index contributed by atoms with van der Waals surface area (Å²) in [5.41, 5.74) is 7.04. The van der Waals surface area contributed by atoms with Crippen LogP contribution in [0.5, 0.6) is 0 Å². The zero-order chi connectivity index (χ0) is 30.5. The van der Waals surface area contributed by atoms with Crippen molar-refractivity contribution < 1.29 is 33.4 Å². The second kappa shape index (κ2) is 17.8. The number of nitrogens with one attached hydrogen (secondary N) is 3. The van der Waals surface area contributed by atoms with Gasteiger partial charge in [-0.2, -0.15) is 0 Å². The van der Waals surface area contributed by atoms with Crippen LogP contribution in [0.4, 0.5) is 11.4 Å². The van der Waals surface area contributed by atoms with Crippen LogP contribution in [0.1, 0.15) is 55.5 Å². The molecule has 0 aliphatic carbocycles. The van der Waals surface area contributed by atoms with Crippen molar-refractivity contribution in [2.24, 2.45) is 5.73 Å². The molecule has 41 heavy (non-hydrogen) atoms. The van der Waals surface area contributed by atoms with Crippen molar-refractivity contribution in [2.75, 3.05) is 23.8 Å². The van der Waals surface area contributed by atoms with Gasteiger partial charge in [0.25, 0.3) is 5.91 Å². The highest BCUT2D eigenvalue weighted by Crippen LogP contribution is 2.39. The molecule has 2 rings (SSSR count). The maximum absolute atomic E-state index is 13.6. The van der Waals surface area contributed by atoms with Gasteiger partial charge in [0.1, 0.15) is 19.1 Å². The third kappa shape index (κ3) is 10.9. The zero-order valence-corrected chi connectivity index (χ0v) is 29.0. The average Bonchev–Trinajstić information content (AvgIpc) is 2.92. The van der Waals surface area contributed by atoms with Crippen molar-refractivity contribution in [1.82, 2.24) is 5.32 Å². The molecule has 3 amide bonds. The summed E-state index contributed by atoms with van der Waals surface area (Å²) in [6.07, 6.45) is 1.03. The van der Waals surface area contributed by atoms with Crippen LogP contribution in [-0.4, -0.2) is 48.9 Å². The molecule has 0 saturated carbocycles. The predicted molar refractivity (Wildman–Crippen MR) is 179 cm³/mol. The first-order valence-electron chi connectivity index (χ1n) is 12.6. The van der Waals surface area contributed by atoms with E-state index < -0.39 is 36.2 Å². The highest BCUT2D eigenvalue weighted by atomic mass is 127. The lowest BCUT2D eigenvalue weighted by Gasteiger charge is -2.22. The number of carbonyl (C=O) groups is 5. The molecule has 0 saturated heterocycles. The summed E-state index contributed by atoms with van der Waals surface area (Å²) in [6.45, 7) is 3.61. The van der Waals surface area contributed by atoms with Gasteiger partial charge in [-0.05, 0) is 106 Å². The number of unbranched alkanes of at least 4 members (excludes halogenated alkanes) is 1. The van der Waals surface area contributed by atoms with E-state index >= 15 is 0 Å². The van der Waals surface area contributed by atoms with E-state index in [0.717, 1.165) is 5.56 Å². The van der Waals surface area contributed by atoms with Gasteiger partial charge in [-0.15, -0.1) is 0 Å². The molecule has 0 unspecified atom stereocenters. The van der Waals surface area contributed by atoms with Gasteiger partial charge in [0, 0.05) is 6.92 Å². The van der Waals surface area contributed by atoms with Crippen LogP contribution in [0.15, 0.2) is 30.3 Å². The van der Waals surface area contributed by atoms with E-state index in [0.29, 0.717) is 42.2 Å². The second-order valence-corrected chi connectivity index (χ2v) is 11.9. The fraction of sp³-hybridized carbons (Fsp3) is 0.370. The lowest BCUT2D eigenvalue weighted by atomic mass is 10.1. The maximum Gasteiger partial charge on any atom is 0.328 e. The van der Waals surface area contributed by atoms with Crippen LogP contribution in [0.25, 0.3) is 0 Å². The molecule has 0 radical (unpaired) electrons. The molecule has 0 spiro atoms. The van der Waals surface area contributed by atoms with Gasteiger partial charge >= 0.3 is 11.9 Å². The first-order valence-corrected chi connectivity index (χ1v) is 15.9. The molecule has 2 aromatic carbocycles. The molecule has 0 bridgehead atoms. The Labute approximate surface area is 279 Å². The number of esters is 2. The summed E-state index contributed by atoms with van der Waals surface area (Å²) in [6, 6.07) is 8.14. The van der Waals surface area contributed by atoms with Crippen molar-refractivity contribution in [3.8, 4) is 0 Å². The van der Waals surface area contributed by atoms with Crippen LogP contribution in [-0.2, 0) is 35.3 Å². The third-order valence-corrected chi connectivity index (χ3v) is 8.72.